The highest BCUT2D eigenvalue weighted by atomic mass is 35.5. The largest absolute Gasteiger partial charge is 0.376 e. The summed E-state index contributed by atoms with van der Waals surface area (Å²) in [4.78, 5) is 13.3. The van der Waals surface area contributed by atoms with E-state index in [1.54, 1.807) is 0 Å². The first-order valence-corrected chi connectivity index (χ1v) is 13.5. The molecule has 1 aliphatic carbocycles. The summed E-state index contributed by atoms with van der Waals surface area (Å²) in [5.74, 6) is 1.25. The Morgan fingerprint density at radius 2 is 1.94 bits per heavy atom. The molecule has 0 bridgehead atoms. The van der Waals surface area contributed by atoms with Gasteiger partial charge in [0.1, 0.15) is 0 Å². The number of thioether (sulfide) groups is 1. The zero-order valence-electron chi connectivity index (χ0n) is 19.8. The predicted octanol–water partition coefficient (Wildman–Crippen LogP) is 6.29. The molecule has 34 heavy (non-hydrogen) atoms. The van der Waals surface area contributed by atoms with Crippen LogP contribution in [-0.4, -0.2) is 43.6 Å². The molecule has 180 valence electrons. The molecule has 3 aromatic rings. The summed E-state index contributed by atoms with van der Waals surface area (Å²) < 4.78 is 10.3. The molecular formula is C26H31ClN4O2S. The third kappa shape index (κ3) is 4.70. The Bertz CT molecular complexity index is 1180. The maximum Gasteiger partial charge on any atom is 0.192 e. The van der Waals surface area contributed by atoms with Crippen molar-refractivity contribution in [1.29, 1.82) is 0 Å². The lowest BCUT2D eigenvalue weighted by Gasteiger charge is -2.17. The van der Waals surface area contributed by atoms with E-state index in [4.69, 9.17) is 16.3 Å². The van der Waals surface area contributed by atoms with Gasteiger partial charge in [-0.3, -0.25) is 9.36 Å². The van der Waals surface area contributed by atoms with Crippen LogP contribution in [0.25, 0.3) is 11.4 Å². The van der Waals surface area contributed by atoms with Gasteiger partial charge in [0.05, 0.1) is 16.9 Å². The fraction of sp³-hybridized carbons (Fsp3) is 0.500. The first kappa shape index (κ1) is 23.6. The summed E-state index contributed by atoms with van der Waals surface area (Å²) in [6.45, 7) is 5.76. The van der Waals surface area contributed by atoms with Gasteiger partial charge in [0.2, 0.25) is 0 Å². The summed E-state index contributed by atoms with van der Waals surface area (Å²) in [5.41, 5.74) is 3.81. The Kier molecular flexibility index (Phi) is 7.14. The number of aryl methyl sites for hydroxylation is 1. The highest BCUT2D eigenvalue weighted by Gasteiger charge is 2.27. The van der Waals surface area contributed by atoms with Gasteiger partial charge >= 0.3 is 0 Å². The van der Waals surface area contributed by atoms with Crippen LogP contribution in [0.2, 0.25) is 5.02 Å². The molecule has 0 radical (unpaired) electrons. The van der Waals surface area contributed by atoms with Crippen molar-refractivity contribution < 1.29 is 9.53 Å². The summed E-state index contributed by atoms with van der Waals surface area (Å²) in [6, 6.07) is 10.1. The monoisotopic (exact) mass is 498 g/mol. The van der Waals surface area contributed by atoms with Gasteiger partial charge in [-0.05, 0) is 57.7 Å². The Balaban J connectivity index is 1.36. The Labute approximate surface area is 210 Å². The lowest BCUT2D eigenvalue weighted by Crippen LogP contribution is -2.17. The molecule has 0 unspecified atom stereocenters. The first-order valence-electron chi connectivity index (χ1n) is 12.2. The van der Waals surface area contributed by atoms with E-state index >= 15 is 0 Å². The van der Waals surface area contributed by atoms with Crippen molar-refractivity contribution in [2.45, 2.75) is 76.2 Å². The highest BCUT2D eigenvalue weighted by Crippen LogP contribution is 2.38. The summed E-state index contributed by atoms with van der Waals surface area (Å²) >= 11 is 7.97. The van der Waals surface area contributed by atoms with Crippen LogP contribution in [0.5, 0.6) is 0 Å². The molecule has 5 rings (SSSR count). The third-order valence-corrected chi connectivity index (χ3v) is 8.36. The number of carbonyl (C=O) groups is 1. The van der Waals surface area contributed by atoms with E-state index in [2.05, 4.69) is 26.3 Å². The van der Waals surface area contributed by atoms with Crippen molar-refractivity contribution in [3.8, 4) is 11.4 Å². The molecule has 2 aromatic heterocycles. The minimum atomic E-state index is 0.122. The second-order valence-corrected chi connectivity index (χ2v) is 10.7. The van der Waals surface area contributed by atoms with Gasteiger partial charge in [-0.2, -0.15) is 0 Å². The first-order chi connectivity index (χ1) is 16.5. The summed E-state index contributed by atoms with van der Waals surface area (Å²) in [6.07, 6.45) is 7.04. The smallest absolute Gasteiger partial charge is 0.192 e. The molecule has 3 heterocycles. The number of hydrogen-bond donors (Lipinski definition) is 0. The van der Waals surface area contributed by atoms with Crippen molar-refractivity contribution in [3.63, 3.8) is 0 Å². The van der Waals surface area contributed by atoms with Gasteiger partial charge in [0.25, 0.3) is 0 Å². The average molecular weight is 499 g/mol. The Morgan fingerprint density at radius 3 is 2.68 bits per heavy atom. The number of ketones is 1. The van der Waals surface area contributed by atoms with Crippen LogP contribution < -0.4 is 0 Å². The number of rotatable bonds is 8. The van der Waals surface area contributed by atoms with Crippen LogP contribution >= 0.6 is 23.4 Å². The molecule has 1 aromatic carbocycles. The van der Waals surface area contributed by atoms with E-state index in [1.807, 2.05) is 37.3 Å². The number of ether oxygens (including phenoxy) is 1. The number of aromatic nitrogens is 4. The Morgan fingerprint density at radius 1 is 1.15 bits per heavy atom. The number of nitrogens with zero attached hydrogens (tertiary/aromatic N) is 4. The lowest BCUT2D eigenvalue weighted by atomic mass is 10.2. The highest BCUT2D eigenvalue weighted by molar-refractivity contribution is 7.99. The number of halogens is 1. The van der Waals surface area contributed by atoms with E-state index in [0.29, 0.717) is 16.8 Å². The topological polar surface area (TPSA) is 61.9 Å². The molecule has 0 amide bonds. The van der Waals surface area contributed by atoms with Gasteiger partial charge in [-0.1, -0.05) is 48.3 Å². The van der Waals surface area contributed by atoms with Crippen molar-refractivity contribution in [3.05, 3.63) is 52.3 Å². The van der Waals surface area contributed by atoms with Gasteiger partial charge < -0.3 is 9.30 Å². The number of benzene rings is 1. The van der Waals surface area contributed by atoms with Crippen molar-refractivity contribution >= 4 is 29.1 Å². The molecule has 0 N–H and O–H groups in total. The molecule has 2 aliphatic rings. The third-order valence-electron chi connectivity index (χ3n) is 7.09. The predicted molar refractivity (Wildman–Crippen MR) is 136 cm³/mol. The second-order valence-electron chi connectivity index (χ2n) is 9.34. The van der Waals surface area contributed by atoms with E-state index in [9.17, 15) is 4.79 Å². The quantitative estimate of drug-likeness (QED) is 0.270. The fourth-order valence-electron chi connectivity index (χ4n) is 5.26. The minimum Gasteiger partial charge on any atom is -0.376 e. The molecular weight excluding hydrogens is 468 g/mol. The zero-order chi connectivity index (χ0) is 23.7. The molecule has 6 nitrogen and oxygen atoms in total. The summed E-state index contributed by atoms with van der Waals surface area (Å²) in [5, 5.41) is 10.5. The minimum absolute atomic E-state index is 0.122. The van der Waals surface area contributed by atoms with Crippen molar-refractivity contribution in [1.82, 2.24) is 19.3 Å². The van der Waals surface area contributed by atoms with E-state index in [0.717, 1.165) is 72.3 Å². The van der Waals surface area contributed by atoms with E-state index in [-0.39, 0.29) is 11.9 Å². The molecule has 1 atom stereocenters. The van der Waals surface area contributed by atoms with Crippen LogP contribution in [0.4, 0.5) is 0 Å². The number of carbonyl (C=O) groups excluding carboxylic acids is 1. The fourth-order valence-corrected chi connectivity index (χ4v) is 6.37. The maximum atomic E-state index is 13.3. The average Bonchev–Trinajstić information content (AvgIpc) is 3.63. The SMILES string of the molecule is Cc1cc(C(=O)CSc2nnc(-c3ccccc3Cl)n2C2CCCC2)c(C)n1C[C@H]1CCCO1. The van der Waals surface area contributed by atoms with Crippen molar-refractivity contribution in [2.24, 2.45) is 0 Å². The number of Topliss-reactive ketones (excluding diaryl/α,β-unsaturated/α-hetero) is 1. The number of hydrogen-bond acceptors (Lipinski definition) is 5. The zero-order valence-corrected chi connectivity index (χ0v) is 21.4. The van der Waals surface area contributed by atoms with Gasteiger partial charge in [0.15, 0.2) is 16.8 Å². The standard InChI is InChI=1S/C26H31ClN4O2S/c1-17-14-22(18(2)30(17)15-20-10-7-13-33-20)24(32)16-34-26-29-28-25(21-11-5-6-12-23(21)27)31(26)19-8-3-4-9-19/h5-6,11-12,14,19-20H,3-4,7-10,13,15-16H2,1-2H3/t20-/m1/s1. The molecule has 8 heteroatoms. The van der Waals surface area contributed by atoms with Crippen LogP contribution in [0.15, 0.2) is 35.5 Å². The van der Waals surface area contributed by atoms with Gasteiger partial charge in [0, 0.05) is 41.7 Å². The van der Waals surface area contributed by atoms with Gasteiger partial charge in [-0.25, -0.2) is 0 Å². The van der Waals surface area contributed by atoms with E-state index in [1.165, 1.54) is 24.6 Å². The molecule has 0 spiro atoms. The summed E-state index contributed by atoms with van der Waals surface area (Å²) in [7, 11) is 0. The molecule has 1 saturated heterocycles. The normalized spacial score (nSPS) is 18.7. The molecule has 2 fully saturated rings. The lowest BCUT2D eigenvalue weighted by molar-refractivity contribution is 0.0957. The van der Waals surface area contributed by atoms with Crippen LogP contribution in [0.1, 0.15) is 66.3 Å². The Hall–Kier alpha value is -2.09. The van der Waals surface area contributed by atoms with Crippen LogP contribution in [-0.2, 0) is 11.3 Å². The molecule has 1 aliphatic heterocycles. The second kappa shape index (κ2) is 10.3. The van der Waals surface area contributed by atoms with Crippen LogP contribution in [0, 0.1) is 13.8 Å². The van der Waals surface area contributed by atoms with Gasteiger partial charge in [-0.15, -0.1) is 10.2 Å². The molecule has 1 saturated carbocycles. The van der Waals surface area contributed by atoms with Crippen molar-refractivity contribution in [2.75, 3.05) is 12.4 Å². The maximum absolute atomic E-state index is 13.3. The van der Waals surface area contributed by atoms with Crippen LogP contribution in [0.3, 0.4) is 0 Å². The van der Waals surface area contributed by atoms with E-state index < -0.39 is 0 Å².